The zero-order valence-electron chi connectivity index (χ0n) is 15.0. The highest BCUT2D eigenvalue weighted by Crippen LogP contribution is 2.38. The Morgan fingerprint density at radius 3 is 2.64 bits per heavy atom. The fraction of sp³-hybridized carbons (Fsp3) is 0.526. The van der Waals surface area contributed by atoms with Crippen molar-refractivity contribution in [2.75, 3.05) is 7.11 Å². The SMILES string of the molecule is COc1ccc(CCC(=O)N[C@@H](c2nc(C3CC3)no2)C(C)C)cc1. The molecule has 6 heteroatoms. The Kier molecular flexibility index (Phi) is 5.36. The zero-order valence-corrected chi connectivity index (χ0v) is 15.0. The molecule has 25 heavy (non-hydrogen) atoms. The number of carbonyl (C=O) groups is 1. The maximum Gasteiger partial charge on any atom is 0.249 e. The molecule has 0 saturated heterocycles. The van der Waals surface area contributed by atoms with Crippen LogP contribution in [0.4, 0.5) is 0 Å². The van der Waals surface area contributed by atoms with Crippen LogP contribution in [0.2, 0.25) is 0 Å². The van der Waals surface area contributed by atoms with Crippen LogP contribution in [0.5, 0.6) is 5.75 Å². The van der Waals surface area contributed by atoms with Crippen LogP contribution in [0.15, 0.2) is 28.8 Å². The van der Waals surface area contributed by atoms with Crippen LogP contribution >= 0.6 is 0 Å². The molecule has 1 aliphatic carbocycles. The van der Waals surface area contributed by atoms with Gasteiger partial charge >= 0.3 is 0 Å². The lowest BCUT2D eigenvalue weighted by Crippen LogP contribution is -2.32. The average Bonchev–Trinajstić information content (AvgIpc) is 3.36. The number of aromatic nitrogens is 2. The lowest BCUT2D eigenvalue weighted by molar-refractivity contribution is -0.122. The molecule has 1 fully saturated rings. The zero-order chi connectivity index (χ0) is 17.8. The van der Waals surface area contributed by atoms with Crippen LogP contribution in [0.3, 0.4) is 0 Å². The molecule has 3 rings (SSSR count). The maximum atomic E-state index is 12.4. The van der Waals surface area contributed by atoms with Gasteiger partial charge in [0.05, 0.1) is 7.11 Å². The molecule has 1 saturated carbocycles. The highest BCUT2D eigenvalue weighted by molar-refractivity contribution is 5.76. The quantitative estimate of drug-likeness (QED) is 0.795. The number of ether oxygens (including phenoxy) is 1. The molecule has 0 aliphatic heterocycles. The smallest absolute Gasteiger partial charge is 0.249 e. The Hall–Kier alpha value is -2.37. The second-order valence-corrected chi connectivity index (χ2v) is 6.90. The first kappa shape index (κ1) is 17.5. The van der Waals surface area contributed by atoms with Crippen molar-refractivity contribution in [2.24, 2.45) is 5.92 Å². The molecule has 1 atom stereocenters. The van der Waals surface area contributed by atoms with Crippen molar-refractivity contribution in [1.29, 1.82) is 0 Å². The molecule has 0 spiro atoms. The number of hydrogen-bond acceptors (Lipinski definition) is 5. The number of aryl methyl sites for hydroxylation is 1. The summed E-state index contributed by atoms with van der Waals surface area (Å²) in [5.74, 6) is 2.70. The van der Waals surface area contributed by atoms with Crippen molar-refractivity contribution in [2.45, 2.75) is 51.5 Å². The van der Waals surface area contributed by atoms with E-state index >= 15 is 0 Å². The summed E-state index contributed by atoms with van der Waals surface area (Å²) in [6.07, 6.45) is 3.34. The molecule has 6 nitrogen and oxygen atoms in total. The number of amides is 1. The van der Waals surface area contributed by atoms with Gasteiger partial charge in [-0.1, -0.05) is 31.1 Å². The normalized spacial score (nSPS) is 15.2. The summed E-state index contributed by atoms with van der Waals surface area (Å²) >= 11 is 0. The Morgan fingerprint density at radius 1 is 1.32 bits per heavy atom. The summed E-state index contributed by atoms with van der Waals surface area (Å²) in [5, 5.41) is 7.09. The van der Waals surface area contributed by atoms with Gasteiger partial charge in [0.25, 0.3) is 0 Å². The number of nitrogens with zero attached hydrogens (tertiary/aromatic N) is 2. The summed E-state index contributed by atoms with van der Waals surface area (Å²) in [4.78, 5) is 16.8. The standard InChI is InChI=1S/C19H25N3O3/c1-12(2)17(19-21-18(22-25-19)14-7-8-14)20-16(23)11-6-13-4-9-15(24-3)10-5-13/h4-5,9-10,12,14,17H,6-8,11H2,1-3H3,(H,20,23)/t17-/m1/s1. The third kappa shape index (κ3) is 4.59. The Bertz CT molecular complexity index is 705. The monoisotopic (exact) mass is 343 g/mol. The van der Waals surface area contributed by atoms with E-state index in [1.54, 1.807) is 7.11 Å². The molecule has 1 aliphatic rings. The lowest BCUT2D eigenvalue weighted by atomic mass is 10.0. The molecule has 1 aromatic heterocycles. The van der Waals surface area contributed by atoms with E-state index < -0.39 is 0 Å². The van der Waals surface area contributed by atoms with E-state index in [1.165, 1.54) is 0 Å². The van der Waals surface area contributed by atoms with E-state index in [1.807, 2.05) is 38.1 Å². The number of rotatable bonds is 8. The van der Waals surface area contributed by atoms with Gasteiger partial charge in [0.1, 0.15) is 11.8 Å². The fourth-order valence-corrected chi connectivity index (χ4v) is 2.69. The van der Waals surface area contributed by atoms with Gasteiger partial charge in [-0.25, -0.2) is 0 Å². The van der Waals surface area contributed by atoms with E-state index in [-0.39, 0.29) is 17.9 Å². The topological polar surface area (TPSA) is 77.2 Å². The minimum absolute atomic E-state index is 0.0133. The molecule has 0 unspecified atom stereocenters. The molecule has 1 heterocycles. The van der Waals surface area contributed by atoms with Crippen LogP contribution in [0.25, 0.3) is 0 Å². The summed E-state index contributed by atoms with van der Waals surface area (Å²) in [6.45, 7) is 4.07. The van der Waals surface area contributed by atoms with Crippen molar-refractivity contribution >= 4 is 5.91 Å². The fourth-order valence-electron chi connectivity index (χ4n) is 2.69. The predicted octanol–water partition coefficient (Wildman–Crippen LogP) is 3.40. The van der Waals surface area contributed by atoms with Crippen LogP contribution in [0.1, 0.15) is 62.3 Å². The molecule has 1 aromatic carbocycles. The molecule has 1 N–H and O–H groups in total. The molecular weight excluding hydrogens is 318 g/mol. The first-order valence-electron chi connectivity index (χ1n) is 8.82. The highest BCUT2D eigenvalue weighted by Gasteiger charge is 2.31. The minimum Gasteiger partial charge on any atom is -0.497 e. The second kappa shape index (κ2) is 7.68. The maximum absolute atomic E-state index is 12.4. The molecule has 0 bridgehead atoms. The van der Waals surface area contributed by atoms with Gasteiger partial charge < -0.3 is 14.6 Å². The van der Waals surface area contributed by atoms with Gasteiger partial charge in [0.2, 0.25) is 11.8 Å². The largest absolute Gasteiger partial charge is 0.497 e. The van der Waals surface area contributed by atoms with Gasteiger partial charge in [0.15, 0.2) is 5.82 Å². The lowest BCUT2D eigenvalue weighted by Gasteiger charge is -2.18. The first-order chi connectivity index (χ1) is 12.1. The molecule has 134 valence electrons. The molecule has 2 aromatic rings. The van der Waals surface area contributed by atoms with Gasteiger partial charge in [-0.05, 0) is 42.9 Å². The van der Waals surface area contributed by atoms with Crippen molar-refractivity contribution < 1.29 is 14.1 Å². The number of hydrogen-bond donors (Lipinski definition) is 1. The summed E-state index contributed by atoms with van der Waals surface area (Å²) in [6, 6.07) is 7.52. The minimum atomic E-state index is -0.247. The van der Waals surface area contributed by atoms with E-state index in [0.717, 1.165) is 30.0 Å². The van der Waals surface area contributed by atoms with E-state index in [2.05, 4.69) is 15.5 Å². The predicted molar refractivity (Wildman–Crippen MR) is 93.3 cm³/mol. The van der Waals surface area contributed by atoms with E-state index in [4.69, 9.17) is 9.26 Å². The van der Waals surface area contributed by atoms with Crippen LogP contribution in [-0.4, -0.2) is 23.2 Å². The molecule has 0 radical (unpaired) electrons. The summed E-state index contributed by atoms with van der Waals surface area (Å²) < 4.78 is 10.5. The molecule has 1 amide bonds. The highest BCUT2D eigenvalue weighted by atomic mass is 16.5. The van der Waals surface area contributed by atoms with Gasteiger partial charge in [0, 0.05) is 12.3 Å². The Balaban J connectivity index is 1.56. The summed E-state index contributed by atoms with van der Waals surface area (Å²) in [7, 11) is 1.64. The Morgan fingerprint density at radius 2 is 2.04 bits per heavy atom. The third-order valence-corrected chi connectivity index (χ3v) is 4.45. The van der Waals surface area contributed by atoms with Gasteiger partial charge in [-0.3, -0.25) is 4.79 Å². The Labute approximate surface area is 148 Å². The van der Waals surface area contributed by atoms with E-state index in [9.17, 15) is 4.79 Å². The summed E-state index contributed by atoms with van der Waals surface area (Å²) in [5.41, 5.74) is 1.10. The molecular formula is C19H25N3O3. The van der Waals surface area contributed by atoms with Gasteiger partial charge in [-0.2, -0.15) is 4.98 Å². The first-order valence-corrected chi connectivity index (χ1v) is 8.82. The number of nitrogens with one attached hydrogen (secondary N) is 1. The van der Waals surface area contributed by atoms with Crippen LogP contribution in [-0.2, 0) is 11.2 Å². The van der Waals surface area contributed by atoms with Gasteiger partial charge in [-0.15, -0.1) is 0 Å². The van der Waals surface area contributed by atoms with Crippen molar-refractivity contribution in [3.63, 3.8) is 0 Å². The van der Waals surface area contributed by atoms with Crippen LogP contribution in [0, 0.1) is 5.92 Å². The van der Waals surface area contributed by atoms with Crippen molar-refractivity contribution in [1.82, 2.24) is 15.5 Å². The van der Waals surface area contributed by atoms with Crippen molar-refractivity contribution in [3.05, 3.63) is 41.5 Å². The number of benzene rings is 1. The van der Waals surface area contributed by atoms with Crippen LogP contribution < -0.4 is 10.1 Å². The third-order valence-electron chi connectivity index (χ3n) is 4.45. The second-order valence-electron chi connectivity index (χ2n) is 6.90. The number of methoxy groups -OCH3 is 1. The van der Waals surface area contributed by atoms with E-state index in [0.29, 0.717) is 24.7 Å². The van der Waals surface area contributed by atoms with Crippen molar-refractivity contribution in [3.8, 4) is 5.75 Å². The number of carbonyl (C=O) groups excluding carboxylic acids is 1. The average molecular weight is 343 g/mol.